The van der Waals surface area contributed by atoms with Gasteiger partial charge in [-0.15, -0.1) is 0 Å². The molecule has 0 atom stereocenters. The van der Waals surface area contributed by atoms with Gasteiger partial charge in [0.1, 0.15) is 0 Å². The molecule has 0 saturated heterocycles. The minimum Gasteiger partial charge on any atom is -0.255 e. The molecule has 0 spiro atoms. The molecule has 1 nitrogen and oxygen atoms in total. The van der Waals surface area contributed by atoms with Crippen LogP contribution in [-0.4, -0.2) is 4.98 Å². The van der Waals surface area contributed by atoms with Crippen LogP contribution in [0.15, 0.2) is 29.9 Å². The molecule has 52 valence electrons. The highest BCUT2D eigenvalue weighted by Gasteiger charge is 1.94. The van der Waals surface area contributed by atoms with Crippen molar-refractivity contribution in [2.45, 2.75) is 0 Å². The van der Waals surface area contributed by atoms with Crippen molar-refractivity contribution >= 4 is 28.2 Å². The van der Waals surface area contributed by atoms with E-state index in [0.717, 1.165) is 0 Å². The molecule has 0 bridgehead atoms. The minimum absolute atomic E-state index is 0.460. The number of nitrogens with zero attached hydrogens (tertiary/aromatic N) is 1. The normalized spacial score (nSPS) is 11.6. The SMILES string of the molecule is Cl/C=C(/Cl)c1ccccn1. The van der Waals surface area contributed by atoms with Gasteiger partial charge in [0.15, 0.2) is 0 Å². The van der Waals surface area contributed by atoms with E-state index in [1.807, 2.05) is 12.1 Å². The van der Waals surface area contributed by atoms with E-state index in [-0.39, 0.29) is 0 Å². The van der Waals surface area contributed by atoms with E-state index in [9.17, 15) is 0 Å². The van der Waals surface area contributed by atoms with Crippen LogP contribution in [-0.2, 0) is 0 Å². The van der Waals surface area contributed by atoms with Gasteiger partial charge in [0.25, 0.3) is 0 Å². The summed E-state index contributed by atoms with van der Waals surface area (Å²) in [7, 11) is 0. The predicted octanol–water partition coefficient (Wildman–Crippen LogP) is 2.86. The summed E-state index contributed by atoms with van der Waals surface area (Å²) in [5, 5.41) is 0.460. The van der Waals surface area contributed by atoms with E-state index in [2.05, 4.69) is 4.98 Å². The Bertz CT molecular complexity index is 231. The molecule has 0 fully saturated rings. The number of rotatable bonds is 1. The third-order valence-electron chi connectivity index (χ3n) is 1.01. The summed E-state index contributed by atoms with van der Waals surface area (Å²) in [6.45, 7) is 0. The average molecular weight is 174 g/mol. The Morgan fingerprint density at radius 2 is 2.30 bits per heavy atom. The van der Waals surface area contributed by atoms with Gasteiger partial charge < -0.3 is 0 Å². The van der Waals surface area contributed by atoms with Crippen LogP contribution in [0.3, 0.4) is 0 Å². The zero-order valence-corrected chi connectivity index (χ0v) is 6.60. The number of halogens is 2. The van der Waals surface area contributed by atoms with Crippen LogP contribution in [0, 0.1) is 0 Å². The van der Waals surface area contributed by atoms with Gasteiger partial charge in [-0.05, 0) is 12.1 Å². The van der Waals surface area contributed by atoms with Crippen molar-refractivity contribution in [2.75, 3.05) is 0 Å². The van der Waals surface area contributed by atoms with Crippen LogP contribution in [0.4, 0.5) is 0 Å². The van der Waals surface area contributed by atoms with E-state index in [1.165, 1.54) is 5.54 Å². The van der Waals surface area contributed by atoms with Crippen molar-refractivity contribution in [2.24, 2.45) is 0 Å². The molecule has 0 saturated carbocycles. The maximum absolute atomic E-state index is 5.66. The Morgan fingerprint density at radius 1 is 1.50 bits per heavy atom. The Hall–Kier alpha value is -0.530. The van der Waals surface area contributed by atoms with Gasteiger partial charge in [0.2, 0.25) is 0 Å². The second-order valence-electron chi connectivity index (χ2n) is 1.67. The smallest absolute Gasteiger partial charge is 0.0824 e. The van der Waals surface area contributed by atoms with Crippen molar-refractivity contribution < 1.29 is 0 Å². The summed E-state index contributed by atoms with van der Waals surface area (Å²) in [5.41, 5.74) is 1.99. The largest absolute Gasteiger partial charge is 0.255 e. The van der Waals surface area contributed by atoms with Gasteiger partial charge in [-0.25, -0.2) is 0 Å². The molecule has 0 aliphatic heterocycles. The highest BCUT2D eigenvalue weighted by Crippen LogP contribution is 2.15. The van der Waals surface area contributed by atoms with Crippen LogP contribution in [0.1, 0.15) is 5.69 Å². The van der Waals surface area contributed by atoms with Crippen molar-refractivity contribution in [1.82, 2.24) is 4.98 Å². The second-order valence-corrected chi connectivity index (χ2v) is 2.30. The third kappa shape index (κ3) is 1.72. The zero-order chi connectivity index (χ0) is 7.40. The Labute approximate surface area is 69.3 Å². The molecule has 0 aliphatic carbocycles. The highest BCUT2D eigenvalue weighted by molar-refractivity contribution is 6.52. The van der Waals surface area contributed by atoms with E-state index in [1.54, 1.807) is 12.3 Å². The first-order valence-corrected chi connectivity index (χ1v) is 3.53. The molecule has 3 heteroatoms. The molecule has 0 aliphatic rings. The summed E-state index contributed by atoms with van der Waals surface area (Å²) in [6, 6.07) is 5.47. The standard InChI is InChI=1S/C7H5Cl2N/c8-5-6(9)7-3-1-2-4-10-7/h1-5H/b6-5+. The molecule has 0 unspecified atom stereocenters. The first-order chi connectivity index (χ1) is 4.84. The van der Waals surface area contributed by atoms with Crippen molar-refractivity contribution in [3.63, 3.8) is 0 Å². The van der Waals surface area contributed by atoms with Crippen LogP contribution in [0.25, 0.3) is 5.03 Å². The number of aromatic nitrogens is 1. The fourth-order valence-electron chi connectivity index (χ4n) is 0.560. The molecular weight excluding hydrogens is 169 g/mol. The average Bonchev–Trinajstić information content (AvgIpc) is 2.05. The van der Waals surface area contributed by atoms with Crippen molar-refractivity contribution in [1.29, 1.82) is 0 Å². The molecular formula is C7H5Cl2N. The molecule has 1 aromatic rings. The van der Waals surface area contributed by atoms with Crippen molar-refractivity contribution in [3.05, 3.63) is 35.6 Å². The first kappa shape index (κ1) is 7.58. The van der Waals surface area contributed by atoms with Gasteiger partial charge in [-0.3, -0.25) is 4.98 Å². The summed E-state index contributed by atoms with van der Waals surface area (Å²) < 4.78 is 0. The fourth-order valence-corrected chi connectivity index (χ4v) is 0.784. The Balaban J connectivity index is 2.96. The summed E-state index contributed by atoms with van der Waals surface area (Å²) in [6.07, 6.45) is 1.66. The number of pyridine rings is 1. The lowest BCUT2D eigenvalue weighted by Gasteiger charge is -1.92. The zero-order valence-electron chi connectivity index (χ0n) is 5.09. The van der Waals surface area contributed by atoms with Crippen LogP contribution < -0.4 is 0 Å². The molecule has 10 heavy (non-hydrogen) atoms. The Kier molecular flexibility index (Phi) is 2.72. The molecule has 0 amide bonds. The lowest BCUT2D eigenvalue weighted by molar-refractivity contribution is 1.29. The quantitative estimate of drug-likeness (QED) is 0.637. The van der Waals surface area contributed by atoms with Crippen LogP contribution in [0.5, 0.6) is 0 Å². The van der Waals surface area contributed by atoms with Gasteiger partial charge in [0, 0.05) is 11.7 Å². The highest BCUT2D eigenvalue weighted by atomic mass is 35.5. The van der Waals surface area contributed by atoms with E-state index in [4.69, 9.17) is 23.2 Å². The molecule has 1 heterocycles. The molecule has 0 radical (unpaired) electrons. The molecule has 1 rings (SSSR count). The fraction of sp³-hybridized carbons (Fsp3) is 0. The van der Waals surface area contributed by atoms with E-state index in [0.29, 0.717) is 10.7 Å². The topological polar surface area (TPSA) is 12.9 Å². The predicted molar refractivity (Wildman–Crippen MR) is 43.9 cm³/mol. The number of hydrogen-bond acceptors (Lipinski definition) is 1. The van der Waals surface area contributed by atoms with Crippen LogP contribution >= 0.6 is 23.2 Å². The molecule has 0 aromatic carbocycles. The Morgan fingerprint density at radius 3 is 2.80 bits per heavy atom. The molecule has 1 aromatic heterocycles. The lowest BCUT2D eigenvalue weighted by Crippen LogP contribution is -1.79. The molecule has 0 N–H and O–H groups in total. The maximum Gasteiger partial charge on any atom is 0.0824 e. The van der Waals surface area contributed by atoms with Gasteiger partial charge in [0.05, 0.1) is 10.7 Å². The van der Waals surface area contributed by atoms with E-state index < -0.39 is 0 Å². The first-order valence-electron chi connectivity index (χ1n) is 2.72. The van der Waals surface area contributed by atoms with Crippen molar-refractivity contribution in [3.8, 4) is 0 Å². The minimum atomic E-state index is 0.460. The van der Waals surface area contributed by atoms with Gasteiger partial charge in [-0.2, -0.15) is 0 Å². The summed E-state index contributed by atoms with van der Waals surface area (Å²) in [4.78, 5) is 3.96. The van der Waals surface area contributed by atoms with Gasteiger partial charge in [-0.1, -0.05) is 29.3 Å². The lowest BCUT2D eigenvalue weighted by atomic mass is 10.3. The summed E-state index contributed by atoms with van der Waals surface area (Å²) >= 11 is 11.0. The third-order valence-corrected chi connectivity index (χ3v) is 1.64. The number of hydrogen-bond donors (Lipinski definition) is 0. The van der Waals surface area contributed by atoms with Crippen LogP contribution in [0.2, 0.25) is 0 Å². The van der Waals surface area contributed by atoms with E-state index >= 15 is 0 Å². The second kappa shape index (κ2) is 3.59. The summed E-state index contributed by atoms with van der Waals surface area (Å²) in [5.74, 6) is 0. The monoisotopic (exact) mass is 173 g/mol. The van der Waals surface area contributed by atoms with Gasteiger partial charge >= 0.3 is 0 Å². The maximum atomic E-state index is 5.66.